The lowest BCUT2D eigenvalue weighted by atomic mass is 10.0. The number of nitrogens with one attached hydrogen (secondary N) is 1. The number of phenolic OH excluding ortho intramolecular Hbond substituents is 1. The van der Waals surface area contributed by atoms with Crippen molar-refractivity contribution < 1.29 is 28.5 Å². The number of aliphatic hydroxyl groups is 1. The van der Waals surface area contributed by atoms with Crippen LogP contribution in [0.2, 0.25) is 0 Å². The summed E-state index contributed by atoms with van der Waals surface area (Å²) in [4.78, 5) is 10.8. The second-order valence-corrected chi connectivity index (χ2v) is 7.29. The first kappa shape index (κ1) is 17.6. The van der Waals surface area contributed by atoms with Crippen LogP contribution in [0, 0.1) is 0 Å². The fraction of sp³-hybridized carbons (Fsp3) is 0.118. The average Bonchev–Trinajstić information content (AvgIpc) is 2.85. The van der Waals surface area contributed by atoms with Gasteiger partial charge in [-0.15, -0.1) is 0 Å². The van der Waals surface area contributed by atoms with Crippen LogP contribution in [-0.2, 0) is 23.1 Å². The molecule has 136 valence electrons. The fourth-order valence-electron chi connectivity index (χ4n) is 2.60. The first-order chi connectivity index (χ1) is 12.3. The van der Waals surface area contributed by atoms with Gasteiger partial charge in [-0.2, -0.15) is 8.42 Å². The lowest BCUT2D eigenvalue weighted by Gasteiger charge is -2.16. The molecule has 0 bridgehead atoms. The molecule has 0 aliphatic carbocycles. The maximum absolute atomic E-state index is 11.8. The zero-order valence-electron chi connectivity index (χ0n) is 13.5. The molecule has 1 heterocycles. The monoisotopic (exact) mass is 376 g/mol. The van der Waals surface area contributed by atoms with Crippen LogP contribution < -0.4 is 9.03 Å². The third kappa shape index (κ3) is 3.57. The summed E-state index contributed by atoms with van der Waals surface area (Å²) in [5, 5.41) is 28.4. The van der Waals surface area contributed by atoms with Gasteiger partial charge in [0.2, 0.25) is 5.88 Å². The number of aliphatic hydroxyl groups excluding tert-OH is 1. The van der Waals surface area contributed by atoms with Crippen LogP contribution in [0.25, 0.3) is 0 Å². The normalized spacial score (nSPS) is 15.4. The van der Waals surface area contributed by atoms with E-state index in [4.69, 9.17) is 5.11 Å². The van der Waals surface area contributed by atoms with Crippen LogP contribution in [0.15, 0.2) is 54.5 Å². The zero-order chi connectivity index (χ0) is 18.9. The van der Waals surface area contributed by atoms with E-state index in [0.29, 0.717) is 12.8 Å². The number of hydrogen-bond donors (Lipinski definition) is 4. The summed E-state index contributed by atoms with van der Waals surface area (Å²) in [5.41, 5.74) is 1.97. The number of rotatable bonds is 5. The van der Waals surface area contributed by atoms with Crippen LogP contribution in [0.4, 0.5) is 5.69 Å². The third-order valence-electron chi connectivity index (χ3n) is 3.91. The molecular weight excluding hydrogens is 360 g/mol. The second-order valence-electron chi connectivity index (χ2n) is 5.74. The molecule has 0 amide bonds. The van der Waals surface area contributed by atoms with Crippen molar-refractivity contribution in [1.29, 1.82) is 0 Å². The van der Waals surface area contributed by atoms with E-state index >= 15 is 0 Å². The van der Waals surface area contributed by atoms with E-state index in [2.05, 4.69) is 0 Å². The molecule has 3 rings (SSSR count). The number of nitrogens with zero attached hydrogens (tertiary/aromatic N) is 1. The number of carbonyl (C=O) groups is 1. The number of carboxylic acids is 1. The van der Waals surface area contributed by atoms with E-state index < -0.39 is 22.1 Å². The SMILES string of the molecule is O=C(O)c1ccc(CCc2ccc(N3C=C(O)NS3(=O)=O)c(O)c2)cc1. The van der Waals surface area contributed by atoms with Gasteiger partial charge in [-0.1, -0.05) is 18.2 Å². The Hall–Kier alpha value is -3.20. The molecule has 1 aliphatic heterocycles. The minimum Gasteiger partial charge on any atom is -0.506 e. The van der Waals surface area contributed by atoms with Gasteiger partial charge in [0, 0.05) is 0 Å². The molecule has 9 heteroatoms. The van der Waals surface area contributed by atoms with Crippen molar-refractivity contribution in [1.82, 2.24) is 4.72 Å². The summed E-state index contributed by atoms with van der Waals surface area (Å²) in [5.74, 6) is -1.75. The highest BCUT2D eigenvalue weighted by Crippen LogP contribution is 2.32. The highest BCUT2D eigenvalue weighted by molar-refractivity contribution is 7.91. The molecular formula is C17H16N2O6S. The van der Waals surface area contributed by atoms with Crippen LogP contribution in [-0.4, -0.2) is 29.7 Å². The smallest absolute Gasteiger partial charge is 0.335 e. The topological polar surface area (TPSA) is 127 Å². The number of aryl methyl sites for hydroxylation is 2. The van der Waals surface area contributed by atoms with Gasteiger partial charge in [-0.25, -0.2) is 13.8 Å². The minimum absolute atomic E-state index is 0.0242. The van der Waals surface area contributed by atoms with Crippen molar-refractivity contribution in [3.05, 3.63) is 71.2 Å². The molecule has 1 aliphatic rings. The Morgan fingerprint density at radius 1 is 1.00 bits per heavy atom. The van der Waals surface area contributed by atoms with Crippen molar-refractivity contribution in [3.8, 4) is 5.75 Å². The third-order valence-corrected chi connectivity index (χ3v) is 5.20. The molecule has 0 fully saturated rings. The van der Waals surface area contributed by atoms with E-state index in [-0.39, 0.29) is 17.0 Å². The van der Waals surface area contributed by atoms with E-state index in [9.17, 15) is 23.4 Å². The van der Waals surface area contributed by atoms with Gasteiger partial charge in [0.1, 0.15) is 11.4 Å². The summed E-state index contributed by atoms with van der Waals surface area (Å²) < 4.78 is 26.4. The largest absolute Gasteiger partial charge is 0.506 e. The van der Waals surface area contributed by atoms with Crippen molar-refractivity contribution in [2.24, 2.45) is 0 Å². The number of benzene rings is 2. The van der Waals surface area contributed by atoms with Gasteiger partial charge >= 0.3 is 16.2 Å². The highest BCUT2D eigenvalue weighted by Gasteiger charge is 2.30. The fourth-order valence-corrected chi connectivity index (χ4v) is 3.67. The van der Waals surface area contributed by atoms with E-state index in [1.54, 1.807) is 18.2 Å². The van der Waals surface area contributed by atoms with Crippen molar-refractivity contribution in [3.63, 3.8) is 0 Å². The molecule has 0 atom stereocenters. The molecule has 8 nitrogen and oxygen atoms in total. The van der Waals surface area contributed by atoms with Crippen LogP contribution in [0.3, 0.4) is 0 Å². The molecule has 26 heavy (non-hydrogen) atoms. The van der Waals surface area contributed by atoms with Crippen molar-refractivity contribution >= 4 is 21.9 Å². The summed E-state index contributed by atoms with van der Waals surface area (Å²) in [6.45, 7) is 0. The Morgan fingerprint density at radius 3 is 2.15 bits per heavy atom. The molecule has 2 aromatic rings. The number of phenols is 1. The summed E-state index contributed by atoms with van der Waals surface area (Å²) in [7, 11) is -3.96. The number of anilines is 1. The number of aromatic hydroxyl groups is 1. The maximum Gasteiger partial charge on any atom is 0.335 e. The standard InChI is InChI=1S/C17H16N2O6S/c20-15-9-12(2-1-11-3-6-13(7-4-11)17(22)23)5-8-14(15)19-10-16(21)18-26(19,24)25/h3-10,18,20-21H,1-2H2,(H,22,23). The molecule has 0 unspecified atom stereocenters. The maximum atomic E-state index is 11.8. The van der Waals surface area contributed by atoms with Crippen LogP contribution in [0.1, 0.15) is 21.5 Å². The number of carboxylic acid groups (broad SMARTS) is 1. The predicted octanol–water partition coefficient (Wildman–Crippen LogP) is 1.89. The average molecular weight is 376 g/mol. The first-order valence-electron chi connectivity index (χ1n) is 7.63. The Bertz CT molecular complexity index is 983. The Morgan fingerprint density at radius 2 is 1.62 bits per heavy atom. The van der Waals surface area contributed by atoms with E-state index in [0.717, 1.165) is 21.6 Å². The first-order valence-corrected chi connectivity index (χ1v) is 9.07. The lowest BCUT2D eigenvalue weighted by molar-refractivity contribution is 0.0697. The molecule has 0 radical (unpaired) electrons. The second kappa shape index (κ2) is 6.60. The van der Waals surface area contributed by atoms with Crippen molar-refractivity contribution in [2.45, 2.75) is 12.8 Å². The van der Waals surface area contributed by atoms with Crippen molar-refractivity contribution in [2.75, 3.05) is 4.31 Å². The summed E-state index contributed by atoms with van der Waals surface area (Å²) >= 11 is 0. The van der Waals surface area contributed by atoms with Gasteiger partial charge in [0.15, 0.2) is 0 Å². The van der Waals surface area contributed by atoms with Crippen LogP contribution >= 0.6 is 0 Å². The molecule has 0 spiro atoms. The summed E-state index contributed by atoms with van der Waals surface area (Å²) in [6.07, 6.45) is 2.17. The minimum atomic E-state index is -3.96. The predicted molar refractivity (Wildman–Crippen MR) is 94.2 cm³/mol. The van der Waals surface area contributed by atoms with Gasteiger partial charge < -0.3 is 15.3 Å². The lowest BCUT2D eigenvalue weighted by Crippen LogP contribution is -2.29. The zero-order valence-corrected chi connectivity index (χ0v) is 14.3. The Balaban J connectivity index is 1.73. The molecule has 4 N–H and O–H groups in total. The van der Waals surface area contributed by atoms with Gasteiger partial charge in [0.05, 0.1) is 11.8 Å². The highest BCUT2D eigenvalue weighted by atomic mass is 32.2. The summed E-state index contributed by atoms with van der Waals surface area (Å²) in [6, 6.07) is 11.1. The molecule has 0 aromatic heterocycles. The van der Waals surface area contributed by atoms with E-state index in [1.165, 1.54) is 24.3 Å². The van der Waals surface area contributed by atoms with Gasteiger partial charge in [-0.05, 0) is 48.2 Å². The molecule has 2 aromatic carbocycles. The van der Waals surface area contributed by atoms with Gasteiger partial charge in [-0.3, -0.25) is 0 Å². The number of hydrogen-bond acceptors (Lipinski definition) is 5. The molecule has 0 saturated carbocycles. The number of aromatic carboxylic acids is 1. The Kier molecular flexibility index (Phi) is 4.47. The van der Waals surface area contributed by atoms with Gasteiger partial charge in [0.25, 0.3) is 0 Å². The Labute approximate surface area is 149 Å². The van der Waals surface area contributed by atoms with E-state index in [1.807, 2.05) is 4.72 Å². The van der Waals surface area contributed by atoms with Crippen LogP contribution in [0.5, 0.6) is 5.75 Å². The quantitative estimate of drug-likeness (QED) is 0.631. The molecule has 0 saturated heterocycles.